The van der Waals surface area contributed by atoms with E-state index in [0.29, 0.717) is 46.2 Å². The molecule has 0 radical (unpaired) electrons. The Bertz CT molecular complexity index is 1300. The van der Waals surface area contributed by atoms with Gasteiger partial charge in [0, 0.05) is 59.7 Å². The molecule has 3 heterocycles. The molecule has 0 bridgehead atoms. The van der Waals surface area contributed by atoms with Crippen molar-refractivity contribution in [3.05, 3.63) is 87.0 Å². The van der Waals surface area contributed by atoms with Crippen molar-refractivity contribution in [1.82, 2.24) is 14.9 Å². The summed E-state index contributed by atoms with van der Waals surface area (Å²) in [5.74, 6) is 0.703. The highest BCUT2D eigenvalue weighted by atomic mass is 35.5. The van der Waals surface area contributed by atoms with Crippen molar-refractivity contribution in [2.45, 2.75) is 19.5 Å². The lowest BCUT2D eigenvalue weighted by Gasteiger charge is -2.27. The van der Waals surface area contributed by atoms with E-state index in [2.05, 4.69) is 9.88 Å². The zero-order valence-corrected chi connectivity index (χ0v) is 16.9. The van der Waals surface area contributed by atoms with Crippen LogP contribution in [0.2, 0.25) is 5.02 Å². The zero-order chi connectivity index (χ0) is 20.7. The second-order valence-electron chi connectivity index (χ2n) is 7.48. The molecule has 0 fully saturated rings. The molecule has 4 aromatic rings. The van der Waals surface area contributed by atoms with E-state index in [1.54, 1.807) is 24.5 Å². The highest BCUT2D eigenvalue weighted by Crippen LogP contribution is 2.23. The minimum absolute atomic E-state index is 0.0421. The first-order chi connectivity index (χ1) is 14.6. The van der Waals surface area contributed by atoms with Gasteiger partial charge in [0.05, 0.1) is 17.3 Å². The summed E-state index contributed by atoms with van der Waals surface area (Å²) in [6.07, 6.45) is 4.22. The second-order valence-corrected chi connectivity index (χ2v) is 7.92. The maximum absolute atomic E-state index is 12.8. The Morgan fingerprint density at radius 2 is 2.00 bits per heavy atom. The van der Waals surface area contributed by atoms with Gasteiger partial charge in [-0.1, -0.05) is 11.6 Å². The molecule has 0 atom stereocenters. The number of fused-ring (bicyclic) bond motifs is 2. The maximum atomic E-state index is 12.8. The van der Waals surface area contributed by atoms with E-state index in [9.17, 15) is 4.79 Å². The first-order valence-corrected chi connectivity index (χ1v) is 10.1. The van der Waals surface area contributed by atoms with Crippen molar-refractivity contribution in [1.29, 1.82) is 0 Å². The molecule has 2 aromatic carbocycles. The standard InChI is InChI=1S/C23H19ClN4O2/c24-17-3-6-21-19(9-17)22(29)16(13-30-21)12-28-8-7-20-15(11-28)10-26-23(27-20)14-1-4-18(25)5-2-14/h1-6,9-10,13H,7-8,11-12,25H2. The summed E-state index contributed by atoms with van der Waals surface area (Å²) in [4.78, 5) is 24.3. The summed E-state index contributed by atoms with van der Waals surface area (Å²) < 4.78 is 5.64. The van der Waals surface area contributed by atoms with E-state index in [1.165, 1.54) is 0 Å². The van der Waals surface area contributed by atoms with Gasteiger partial charge in [-0.2, -0.15) is 0 Å². The van der Waals surface area contributed by atoms with Gasteiger partial charge >= 0.3 is 0 Å². The molecule has 0 spiro atoms. The Morgan fingerprint density at radius 1 is 1.17 bits per heavy atom. The second kappa shape index (κ2) is 7.55. The van der Waals surface area contributed by atoms with Gasteiger partial charge in [0.2, 0.25) is 0 Å². The number of aromatic nitrogens is 2. The lowest BCUT2D eigenvalue weighted by atomic mass is 10.1. The average Bonchev–Trinajstić information content (AvgIpc) is 2.76. The largest absolute Gasteiger partial charge is 0.464 e. The molecule has 7 heteroatoms. The third kappa shape index (κ3) is 3.56. The fraction of sp³-hybridized carbons (Fsp3) is 0.174. The Kier molecular flexibility index (Phi) is 4.73. The SMILES string of the molecule is Nc1ccc(-c2ncc3c(n2)CCN(Cc2coc4ccc(Cl)cc4c2=O)C3)cc1. The predicted molar refractivity (Wildman–Crippen MR) is 117 cm³/mol. The van der Waals surface area contributed by atoms with Crippen molar-refractivity contribution in [3.63, 3.8) is 0 Å². The van der Waals surface area contributed by atoms with Gasteiger partial charge in [0.1, 0.15) is 5.58 Å². The van der Waals surface area contributed by atoms with E-state index in [1.807, 2.05) is 30.5 Å². The topological polar surface area (TPSA) is 85.2 Å². The molecule has 2 aromatic heterocycles. The lowest BCUT2D eigenvalue weighted by molar-refractivity contribution is 0.240. The fourth-order valence-electron chi connectivity index (χ4n) is 3.77. The van der Waals surface area contributed by atoms with E-state index in [0.717, 1.165) is 29.8 Å². The summed E-state index contributed by atoms with van der Waals surface area (Å²) in [6.45, 7) is 1.99. The van der Waals surface area contributed by atoms with Gasteiger partial charge in [0.25, 0.3) is 0 Å². The summed E-state index contributed by atoms with van der Waals surface area (Å²) in [7, 11) is 0. The number of rotatable bonds is 3. The smallest absolute Gasteiger partial charge is 0.197 e. The van der Waals surface area contributed by atoms with E-state index >= 15 is 0 Å². The monoisotopic (exact) mass is 418 g/mol. The predicted octanol–water partition coefficient (Wildman–Crippen LogP) is 4.04. The van der Waals surface area contributed by atoms with Crippen LogP contribution in [-0.4, -0.2) is 21.4 Å². The Labute approximate surface area is 177 Å². The molecule has 30 heavy (non-hydrogen) atoms. The fourth-order valence-corrected chi connectivity index (χ4v) is 3.95. The Morgan fingerprint density at radius 3 is 2.83 bits per heavy atom. The molecule has 5 rings (SSSR count). The minimum atomic E-state index is -0.0421. The molecule has 6 nitrogen and oxygen atoms in total. The van der Waals surface area contributed by atoms with Crippen LogP contribution in [0.25, 0.3) is 22.4 Å². The van der Waals surface area contributed by atoms with Crippen molar-refractivity contribution < 1.29 is 4.42 Å². The van der Waals surface area contributed by atoms with Crippen LogP contribution in [0.1, 0.15) is 16.8 Å². The van der Waals surface area contributed by atoms with Crippen LogP contribution in [0.15, 0.2) is 64.1 Å². The first-order valence-electron chi connectivity index (χ1n) is 9.70. The molecule has 0 saturated carbocycles. The highest BCUT2D eigenvalue weighted by molar-refractivity contribution is 6.31. The normalized spacial score (nSPS) is 14.0. The third-order valence-corrected chi connectivity index (χ3v) is 5.62. The van der Waals surface area contributed by atoms with Crippen LogP contribution in [0.4, 0.5) is 5.69 Å². The number of halogens is 1. The molecule has 0 amide bonds. The molecule has 150 valence electrons. The number of nitrogens with zero attached hydrogens (tertiary/aromatic N) is 3. The lowest BCUT2D eigenvalue weighted by Crippen LogP contribution is -2.32. The number of nitrogens with two attached hydrogens (primary N) is 1. The van der Waals surface area contributed by atoms with Crippen LogP contribution in [0.5, 0.6) is 0 Å². The van der Waals surface area contributed by atoms with Crippen LogP contribution in [0.3, 0.4) is 0 Å². The summed E-state index contributed by atoms with van der Waals surface area (Å²) in [5.41, 5.74) is 10.7. The molecule has 0 unspecified atom stereocenters. The van der Waals surface area contributed by atoms with Crippen molar-refractivity contribution in [3.8, 4) is 11.4 Å². The van der Waals surface area contributed by atoms with Gasteiger partial charge in [-0.15, -0.1) is 0 Å². The highest BCUT2D eigenvalue weighted by Gasteiger charge is 2.20. The summed E-state index contributed by atoms with van der Waals surface area (Å²) in [6, 6.07) is 12.6. The number of nitrogen functional groups attached to an aromatic ring is 1. The first kappa shape index (κ1) is 18.8. The molecule has 1 aliphatic heterocycles. The molecular formula is C23H19ClN4O2. The van der Waals surface area contributed by atoms with Crippen molar-refractivity contribution in [2.24, 2.45) is 0 Å². The number of hydrogen-bond acceptors (Lipinski definition) is 6. The summed E-state index contributed by atoms with van der Waals surface area (Å²) in [5, 5.41) is 1.03. The quantitative estimate of drug-likeness (QED) is 0.505. The summed E-state index contributed by atoms with van der Waals surface area (Å²) >= 11 is 6.04. The number of hydrogen-bond donors (Lipinski definition) is 1. The van der Waals surface area contributed by atoms with Crippen LogP contribution in [0, 0.1) is 0 Å². The minimum Gasteiger partial charge on any atom is -0.464 e. The average molecular weight is 419 g/mol. The molecule has 1 aliphatic rings. The molecule has 0 aliphatic carbocycles. The number of anilines is 1. The van der Waals surface area contributed by atoms with E-state index in [-0.39, 0.29) is 5.43 Å². The van der Waals surface area contributed by atoms with Crippen LogP contribution >= 0.6 is 11.6 Å². The van der Waals surface area contributed by atoms with Crippen molar-refractivity contribution >= 4 is 28.3 Å². The Hall–Kier alpha value is -3.22. The van der Waals surface area contributed by atoms with Gasteiger partial charge < -0.3 is 10.2 Å². The maximum Gasteiger partial charge on any atom is 0.197 e. The van der Waals surface area contributed by atoms with E-state index < -0.39 is 0 Å². The van der Waals surface area contributed by atoms with Gasteiger partial charge in [0.15, 0.2) is 11.3 Å². The van der Waals surface area contributed by atoms with Gasteiger partial charge in [-0.3, -0.25) is 9.69 Å². The third-order valence-electron chi connectivity index (χ3n) is 5.38. The zero-order valence-electron chi connectivity index (χ0n) is 16.1. The molecule has 0 saturated heterocycles. The molecule has 2 N–H and O–H groups in total. The number of benzene rings is 2. The van der Waals surface area contributed by atoms with Crippen LogP contribution < -0.4 is 11.2 Å². The van der Waals surface area contributed by atoms with Gasteiger partial charge in [-0.25, -0.2) is 9.97 Å². The van der Waals surface area contributed by atoms with Crippen molar-refractivity contribution in [2.75, 3.05) is 12.3 Å². The van der Waals surface area contributed by atoms with E-state index in [4.69, 9.17) is 26.7 Å². The van der Waals surface area contributed by atoms with Gasteiger partial charge in [-0.05, 0) is 42.5 Å². The Balaban J connectivity index is 1.37. The van der Waals surface area contributed by atoms with Crippen LogP contribution in [-0.2, 0) is 19.5 Å². The molecular weight excluding hydrogens is 400 g/mol.